The monoisotopic (exact) mass is 608 g/mol. The van der Waals surface area contributed by atoms with Gasteiger partial charge in [0.25, 0.3) is 5.91 Å². The summed E-state index contributed by atoms with van der Waals surface area (Å²) in [6.45, 7) is 9.18. The third kappa shape index (κ3) is 5.15. The van der Waals surface area contributed by atoms with Gasteiger partial charge in [0.05, 0.1) is 17.4 Å². The normalized spacial score (nSPS) is 21.4. The van der Waals surface area contributed by atoms with Crippen molar-refractivity contribution in [1.82, 2.24) is 34.2 Å². The number of hydrogen-bond acceptors (Lipinski definition) is 9. The van der Waals surface area contributed by atoms with E-state index in [1.54, 1.807) is 37.9 Å². The Morgan fingerprint density at radius 3 is 2.49 bits per heavy atom. The molecule has 3 fully saturated rings. The molecule has 0 spiro atoms. The number of carbonyl (C=O) groups excluding carboxylic acids is 3. The van der Waals surface area contributed by atoms with E-state index >= 15 is 0 Å². The molecule has 3 atom stereocenters. The van der Waals surface area contributed by atoms with E-state index in [1.165, 1.54) is 11.9 Å². The summed E-state index contributed by atoms with van der Waals surface area (Å²) in [7, 11) is 1.51. The lowest BCUT2D eigenvalue weighted by Crippen LogP contribution is -2.44. The molecule has 4 amide bonds. The molecule has 232 valence electrons. The molecule has 0 radical (unpaired) electrons. The summed E-state index contributed by atoms with van der Waals surface area (Å²) in [5.41, 5.74) is 2.89. The highest BCUT2D eigenvalue weighted by Gasteiger charge is 2.51. The molecule has 13 nitrogen and oxygen atoms in total. The Balaban J connectivity index is 1.13. The van der Waals surface area contributed by atoms with Gasteiger partial charge in [-0.3, -0.25) is 19.4 Å². The Labute approximate surface area is 260 Å². The first-order valence-corrected chi connectivity index (χ1v) is 15.3. The van der Waals surface area contributed by atoms with Gasteiger partial charge in [0.2, 0.25) is 5.91 Å². The van der Waals surface area contributed by atoms with Crippen molar-refractivity contribution in [2.45, 2.75) is 77.3 Å². The van der Waals surface area contributed by atoms with E-state index in [0.717, 1.165) is 29.8 Å². The maximum atomic E-state index is 13.3. The number of aryl methyl sites for hydroxylation is 2. The minimum Gasteiger partial charge on any atom is -0.362 e. The summed E-state index contributed by atoms with van der Waals surface area (Å²) >= 11 is 0. The van der Waals surface area contributed by atoms with Gasteiger partial charge in [-0.25, -0.2) is 29.7 Å². The van der Waals surface area contributed by atoms with E-state index < -0.39 is 5.54 Å². The molecule has 1 aliphatic heterocycles. The van der Waals surface area contributed by atoms with Crippen molar-refractivity contribution in [3.05, 3.63) is 65.4 Å². The average Bonchev–Trinajstić information content (AvgIpc) is 3.91. The third-order valence-electron chi connectivity index (χ3n) is 8.90. The largest absolute Gasteiger partial charge is 0.362 e. The van der Waals surface area contributed by atoms with Crippen LogP contribution in [0.25, 0.3) is 5.65 Å². The zero-order chi connectivity index (χ0) is 31.8. The molecule has 7 rings (SSSR count). The lowest BCUT2D eigenvalue weighted by Gasteiger charge is -2.28. The van der Waals surface area contributed by atoms with E-state index in [1.807, 2.05) is 36.6 Å². The molecule has 4 aromatic rings. The average molecular weight is 609 g/mol. The number of carbonyl (C=O) groups is 3. The standard InChI is InChI=1S/C32H36N10O3/c1-16-9-10-33-27(34-16)21-12-22(21)29(43)39-26-13-25(36-18(3)37-26)35-17(2)23-15-41-14-20(19-7-8-19)11-24(28(41)38-23)42-31(45)40(6)30(44)32(42,4)5/h9-11,13-15,17,19,21-22H,7-8,12H2,1-6H3,(H2,35,36,37,39,43)/t17-,21+,22+/m1/s1. The Kier molecular flexibility index (Phi) is 6.60. The van der Waals surface area contributed by atoms with Crippen molar-refractivity contribution in [2.75, 3.05) is 22.6 Å². The van der Waals surface area contributed by atoms with Gasteiger partial charge in [0.1, 0.15) is 28.8 Å². The maximum absolute atomic E-state index is 13.3. The van der Waals surface area contributed by atoms with Crippen LogP contribution >= 0.6 is 0 Å². The van der Waals surface area contributed by atoms with Crippen LogP contribution in [0.1, 0.15) is 86.5 Å². The second-order valence-electron chi connectivity index (χ2n) is 12.9. The number of rotatable bonds is 8. The third-order valence-corrected chi connectivity index (χ3v) is 8.90. The van der Waals surface area contributed by atoms with Gasteiger partial charge in [-0.05, 0) is 77.5 Å². The number of aromatic nitrogens is 6. The fraction of sp³-hybridized carbons (Fsp3) is 0.438. The highest BCUT2D eigenvalue weighted by Crippen LogP contribution is 2.47. The number of fused-ring (bicyclic) bond motifs is 1. The van der Waals surface area contributed by atoms with Gasteiger partial charge in [0, 0.05) is 49.2 Å². The molecule has 0 aromatic carbocycles. The number of nitrogens with zero attached hydrogens (tertiary/aromatic N) is 8. The minimum absolute atomic E-state index is 0.00534. The molecule has 45 heavy (non-hydrogen) atoms. The Morgan fingerprint density at radius 2 is 1.80 bits per heavy atom. The first kappa shape index (κ1) is 28.8. The number of pyridine rings is 1. The van der Waals surface area contributed by atoms with Crippen LogP contribution in [0.2, 0.25) is 0 Å². The number of imidazole rings is 1. The first-order chi connectivity index (χ1) is 21.4. The first-order valence-electron chi connectivity index (χ1n) is 15.3. The van der Waals surface area contributed by atoms with Crippen LogP contribution in [0.3, 0.4) is 0 Å². The quantitative estimate of drug-likeness (QED) is 0.276. The van der Waals surface area contributed by atoms with E-state index in [0.29, 0.717) is 47.0 Å². The topological polar surface area (TPSA) is 151 Å². The van der Waals surface area contributed by atoms with Gasteiger partial charge in [-0.2, -0.15) is 0 Å². The van der Waals surface area contributed by atoms with Gasteiger partial charge in [-0.1, -0.05) is 0 Å². The number of anilines is 3. The van der Waals surface area contributed by atoms with E-state index in [4.69, 9.17) is 4.98 Å². The highest BCUT2D eigenvalue weighted by atomic mass is 16.2. The second-order valence-corrected chi connectivity index (χ2v) is 12.9. The van der Waals surface area contributed by atoms with Crippen molar-refractivity contribution in [1.29, 1.82) is 0 Å². The molecule has 1 saturated heterocycles. The number of hydrogen-bond donors (Lipinski definition) is 2. The van der Waals surface area contributed by atoms with Crippen LogP contribution < -0.4 is 15.5 Å². The Bertz CT molecular complexity index is 1880. The molecular formula is C32H36N10O3. The molecular weight excluding hydrogens is 572 g/mol. The fourth-order valence-electron chi connectivity index (χ4n) is 6.16. The molecule has 13 heteroatoms. The summed E-state index contributed by atoms with van der Waals surface area (Å²) in [6.07, 6.45) is 8.61. The summed E-state index contributed by atoms with van der Waals surface area (Å²) in [5.74, 6) is 2.01. The van der Waals surface area contributed by atoms with Crippen molar-refractivity contribution >= 4 is 40.8 Å². The molecule has 0 unspecified atom stereocenters. The summed E-state index contributed by atoms with van der Waals surface area (Å²) in [5, 5.41) is 6.34. The van der Waals surface area contributed by atoms with Gasteiger partial charge in [0.15, 0.2) is 5.65 Å². The van der Waals surface area contributed by atoms with Gasteiger partial charge < -0.3 is 15.0 Å². The fourth-order valence-corrected chi connectivity index (χ4v) is 6.16. The summed E-state index contributed by atoms with van der Waals surface area (Å²) in [6, 6.07) is 4.91. The minimum atomic E-state index is -1.04. The number of amides is 4. The van der Waals surface area contributed by atoms with Crippen LogP contribution in [-0.4, -0.2) is 64.7 Å². The van der Waals surface area contributed by atoms with Crippen LogP contribution in [0.15, 0.2) is 36.8 Å². The van der Waals surface area contributed by atoms with Crippen LogP contribution in [0.4, 0.5) is 22.1 Å². The molecule has 4 aromatic heterocycles. The maximum Gasteiger partial charge on any atom is 0.332 e. The molecule has 0 bridgehead atoms. The predicted octanol–water partition coefficient (Wildman–Crippen LogP) is 4.50. The van der Waals surface area contributed by atoms with Crippen LogP contribution in [0, 0.1) is 19.8 Å². The molecule has 3 aliphatic rings. The number of likely N-dealkylation sites (N-methyl/N-ethyl adjacent to an activating group) is 1. The van der Waals surface area contributed by atoms with E-state index in [-0.39, 0.29) is 35.7 Å². The molecule has 2 saturated carbocycles. The van der Waals surface area contributed by atoms with Crippen molar-refractivity contribution < 1.29 is 14.4 Å². The van der Waals surface area contributed by atoms with Crippen molar-refractivity contribution in [2.24, 2.45) is 5.92 Å². The van der Waals surface area contributed by atoms with Crippen LogP contribution in [-0.2, 0) is 9.59 Å². The van der Waals surface area contributed by atoms with E-state index in [9.17, 15) is 14.4 Å². The number of nitrogens with one attached hydrogen (secondary N) is 2. The highest BCUT2D eigenvalue weighted by molar-refractivity contribution is 6.17. The molecule has 5 heterocycles. The van der Waals surface area contributed by atoms with Crippen LogP contribution in [0.5, 0.6) is 0 Å². The van der Waals surface area contributed by atoms with Gasteiger partial charge in [-0.15, -0.1) is 0 Å². The smallest absolute Gasteiger partial charge is 0.332 e. The summed E-state index contributed by atoms with van der Waals surface area (Å²) in [4.78, 5) is 64.7. The predicted molar refractivity (Wildman–Crippen MR) is 167 cm³/mol. The molecule has 2 N–H and O–H groups in total. The number of urea groups is 1. The lowest BCUT2D eigenvalue weighted by atomic mass is 10.0. The van der Waals surface area contributed by atoms with Crippen molar-refractivity contribution in [3.8, 4) is 0 Å². The molecule has 2 aliphatic carbocycles. The Hall–Kier alpha value is -4.94. The Morgan fingerprint density at radius 1 is 1.04 bits per heavy atom. The summed E-state index contributed by atoms with van der Waals surface area (Å²) < 4.78 is 1.95. The SMILES string of the molecule is Cc1ccnc([C@H]2C[C@@H]2C(=O)Nc2cc(N[C@H](C)c3cn4cc(C5CC5)cc(N5C(=O)N(C)C(=O)C5(C)C)c4n3)nc(C)n2)n1. The zero-order valence-electron chi connectivity index (χ0n) is 26.2. The number of imide groups is 1. The van der Waals surface area contributed by atoms with Crippen molar-refractivity contribution in [3.63, 3.8) is 0 Å². The zero-order valence-corrected chi connectivity index (χ0v) is 26.2. The second kappa shape index (κ2) is 10.3. The lowest BCUT2D eigenvalue weighted by molar-refractivity contribution is -0.128. The van der Waals surface area contributed by atoms with E-state index in [2.05, 4.69) is 36.8 Å². The van der Waals surface area contributed by atoms with Gasteiger partial charge >= 0.3 is 6.03 Å².